The first-order valence-corrected chi connectivity index (χ1v) is 6.30. The summed E-state index contributed by atoms with van der Waals surface area (Å²) < 4.78 is 18.4. The van der Waals surface area contributed by atoms with Crippen LogP contribution in [-0.4, -0.2) is 26.2 Å². The Morgan fingerprint density at radius 2 is 2.16 bits per heavy atom. The quantitative estimate of drug-likeness (QED) is 0.634. The largest absolute Gasteiger partial charge is 0.380 e. The Balaban J connectivity index is 2.64. The van der Waals surface area contributed by atoms with E-state index in [9.17, 15) is 4.39 Å². The standard InChI is InChI=1S/C14H22FN3O/c1-10(2)18-14(16-3)17-8-11-5-6-13(15)12(7-11)9-19-4/h5-7,10H,8-9H2,1-4H3,(H2,16,17,18). The molecule has 0 aromatic heterocycles. The van der Waals surface area contributed by atoms with E-state index in [-0.39, 0.29) is 12.4 Å². The van der Waals surface area contributed by atoms with Crippen molar-refractivity contribution in [3.8, 4) is 0 Å². The molecule has 0 unspecified atom stereocenters. The number of ether oxygens (including phenoxy) is 1. The third kappa shape index (κ3) is 5.26. The van der Waals surface area contributed by atoms with E-state index in [0.717, 1.165) is 11.5 Å². The smallest absolute Gasteiger partial charge is 0.191 e. The monoisotopic (exact) mass is 267 g/mol. The maximum atomic E-state index is 13.5. The molecule has 0 atom stereocenters. The van der Waals surface area contributed by atoms with Gasteiger partial charge in [-0.2, -0.15) is 0 Å². The van der Waals surface area contributed by atoms with Crippen molar-refractivity contribution >= 4 is 5.96 Å². The molecule has 4 nitrogen and oxygen atoms in total. The maximum Gasteiger partial charge on any atom is 0.191 e. The average molecular weight is 267 g/mol. The van der Waals surface area contributed by atoms with Crippen molar-refractivity contribution in [2.75, 3.05) is 14.2 Å². The maximum absolute atomic E-state index is 13.5. The first-order chi connectivity index (χ1) is 9.06. The van der Waals surface area contributed by atoms with Crippen LogP contribution in [0.1, 0.15) is 25.0 Å². The summed E-state index contributed by atoms with van der Waals surface area (Å²) in [5.41, 5.74) is 1.55. The highest BCUT2D eigenvalue weighted by atomic mass is 19.1. The van der Waals surface area contributed by atoms with E-state index in [1.165, 1.54) is 6.07 Å². The lowest BCUT2D eigenvalue weighted by Gasteiger charge is -2.14. The van der Waals surface area contributed by atoms with Crippen molar-refractivity contribution in [2.45, 2.75) is 33.0 Å². The number of methoxy groups -OCH3 is 1. The molecular weight excluding hydrogens is 245 g/mol. The predicted octanol–water partition coefficient (Wildman–Crippen LogP) is 2.05. The summed E-state index contributed by atoms with van der Waals surface area (Å²) in [7, 11) is 3.28. The van der Waals surface area contributed by atoms with Crippen LogP contribution in [0, 0.1) is 5.82 Å². The Morgan fingerprint density at radius 3 is 2.74 bits per heavy atom. The molecular formula is C14H22FN3O. The van der Waals surface area contributed by atoms with Crippen molar-refractivity contribution in [3.63, 3.8) is 0 Å². The zero-order chi connectivity index (χ0) is 14.3. The molecule has 0 amide bonds. The third-order valence-electron chi connectivity index (χ3n) is 2.52. The first-order valence-electron chi connectivity index (χ1n) is 6.30. The van der Waals surface area contributed by atoms with Crippen LogP contribution in [0.4, 0.5) is 4.39 Å². The molecule has 0 saturated carbocycles. The molecule has 2 N–H and O–H groups in total. The molecule has 0 bridgehead atoms. The molecule has 0 aliphatic heterocycles. The van der Waals surface area contributed by atoms with Crippen molar-refractivity contribution in [1.29, 1.82) is 0 Å². The van der Waals surface area contributed by atoms with Gasteiger partial charge in [-0.15, -0.1) is 0 Å². The van der Waals surface area contributed by atoms with E-state index in [4.69, 9.17) is 4.74 Å². The van der Waals surface area contributed by atoms with Gasteiger partial charge in [-0.25, -0.2) is 4.39 Å². The van der Waals surface area contributed by atoms with Gasteiger partial charge in [0.25, 0.3) is 0 Å². The molecule has 106 valence electrons. The highest BCUT2D eigenvalue weighted by molar-refractivity contribution is 5.79. The van der Waals surface area contributed by atoms with Crippen LogP contribution in [0.5, 0.6) is 0 Å². The van der Waals surface area contributed by atoms with Gasteiger partial charge in [0.2, 0.25) is 0 Å². The lowest BCUT2D eigenvalue weighted by molar-refractivity contribution is 0.181. The molecule has 0 heterocycles. The second-order valence-electron chi connectivity index (χ2n) is 4.58. The minimum atomic E-state index is -0.240. The molecule has 0 aliphatic carbocycles. The third-order valence-corrected chi connectivity index (χ3v) is 2.52. The summed E-state index contributed by atoms with van der Waals surface area (Å²) >= 11 is 0. The van der Waals surface area contributed by atoms with Crippen LogP contribution in [0.3, 0.4) is 0 Å². The summed E-state index contributed by atoms with van der Waals surface area (Å²) in [5, 5.41) is 6.37. The van der Waals surface area contributed by atoms with Crippen LogP contribution in [0.15, 0.2) is 23.2 Å². The van der Waals surface area contributed by atoms with Gasteiger partial charge in [-0.05, 0) is 31.5 Å². The zero-order valence-electron chi connectivity index (χ0n) is 12.0. The van der Waals surface area contributed by atoms with Gasteiger partial charge in [-0.3, -0.25) is 4.99 Å². The number of nitrogens with one attached hydrogen (secondary N) is 2. The number of benzene rings is 1. The SMILES string of the molecule is CN=C(NCc1ccc(F)c(COC)c1)NC(C)C. The summed E-state index contributed by atoms with van der Waals surface area (Å²) in [6, 6.07) is 5.33. The van der Waals surface area contributed by atoms with Gasteiger partial charge in [-0.1, -0.05) is 6.07 Å². The van der Waals surface area contributed by atoms with Gasteiger partial charge in [0.15, 0.2) is 5.96 Å². The zero-order valence-corrected chi connectivity index (χ0v) is 12.0. The average Bonchev–Trinajstić information content (AvgIpc) is 2.37. The van der Waals surface area contributed by atoms with Gasteiger partial charge < -0.3 is 15.4 Å². The fourth-order valence-electron chi connectivity index (χ4n) is 1.66. The van der Waals surface area contributed by atoms with E-state index in [1.807, 2.05) is 13.8 Å². The molecule has 0 saturated heterocycles. The lowest BCUT2D eigenvalue weighted by atomic mass is 10.1. The summed E-state index contributed by atoms with van der Waals surface area (Å²) in [5.74, 6) is 0.489. The predicted molar refractivity (Wildman–Crippen MR) is 75.6 cm³/mol. The lowest BCUT2D eigenvalue weighted by Crippen LogP contribution is -2.40. The van der Waals surface area contributed by atoms with Crippen LogP contribution >= 0.6 is 0 Å². The Kier molecular flexibility index (Phi) is 6.29. The summed E-state index contributed by atoms with van der Waals surface area (Å²) in [6.45, 7) is 4.95. The molecule has 0 fully saturated rings. The van der Waals surface area contributed by atoms with Crippen LogP contribution < -0.4 is 10.6 Å². The second-order valence-corrected chi connectivity index (χ2v) is 4.58. The van der Waals surface area contributed by atoms with E-state index in [0.29, 0.717) is 18.2 Å². The van der Waals surface area contributed by atoms with E-state index in [1.54, 1.807) is 26.3 Å². The molecule has 0 spiro atoms. The number of hydrogen-bond donors (Lipinski definition) is 2. The van der Waals surface area contributed by atoms with Gasteiger partial charge in [0, 0.05) is 32.3 Å². The minimum Gasteiger partial charge on any atom is -0.380 e. The molecule has 1 aromatic rings. The van der Waals surface area contributed by atoms with Crippen molar-refractivity contribution in [3.05, 3.63) is 35.1 Å². The van der Waals surface area contributed by atoms with E-state index >= 15 is 0 Å². The highest BCUT2D eigenvalue weighted by Gasteiger charge is 2.05. The molecule has 0 aliphatic rings. The summed E-state index contributed by atoms with van der Waals surface area (Å²) in [6.07, 6.45) is 0. The van der Waals surface area contributed by atoms with Gasteiger partial charge in [0.1, 0.15) is 5.82 Å². The number of halogens is 1. The Bertz CT molecular complexity index is 433. The molecule has 0 radical (unpaired) electrons. The van der Waals surface area contributed by atoms with Gasteiger partial charge >= 0.3 is 0 Å². The number of guanidine groups is 1. The van der Waals surface area contributed by atoms with Crippen LogP contribution in [-0.2, 0) is 17.9 Å². The Labute approximate surface area is 114 Å². The summed E-state index contributed by atoms with van der Waals surface area (Å²) in [4.78, 5) is 4.12. The molecule has 1 rings (SSSR count). The minimum absolute atomic E-state index is 0.240. The normalized spacial score (nSPS) is 11.8. The van der Waals surface area contributed by atoms with Crippen molar-refractivity contribution in [1.82, 2.24) is 10.6 Å². The van der Waals surface area contributed by atoms with Crippen molar-refractivity contribution < 1.29 is 9.13 Å². The van der Waals surface area contributed by atoms with Crippen LogP contribution in [0.2, 0.25) is 0 Å². The van der Waals surface area contributed by atoms with E-state index in [2.05, 4.69) is 15.6 Å². The first kappa shape index (κ1) is 15.4. The number of aliphatic imine (C=N–C) groups is 1. The van der Waals surface area contributed by atoms with Gasteiger partial charge in [0.05, 0.1) is 6.61 Å². The Hall–Kier alpha value is -1.62. The second kappa shape index (κ2) is 7.74. The molecule has 5 heteroatoms. The highest BCUT2D eigenvalue weighted by Crippen LogP contribution is 2.11. The fraction of sp³-hybridized carbons (Fsp3) is 0.500. The molecule has 19 heavy (non-hydrogen) atoms. The number of rotatable bonds is 5. The van der Waals surface area contributed by atoms with Crippen molar-refractivity contribution in [2.24, 2.45) is 4.99 Å². The fourth-order valence-corrected chi connectivity index (χ4v) is 1.66. The topological polar surface area (TPSA) is 45.7 Å². The van der Waals surface area contributed by atoms with Crippen LogP contribution in [0.25, 0.3) is 0 Å². The molecule has 1 aromatic carbocycles. The number of nitrogens with zero attached hydrogens (tertiary/aromatic N) is 1. The van der Waals surface area contributed by atoms with E-state index < -0.39 is 0 Å². The Morgan fingerprint density at radius 1 is 1.42 bits per heavy atom. The number of hydrogen-bond acceptors (Lipinski definition) is 2.